The van der Waals surface area contributed by atoms with Crippen molar-refractivity contribution < 1.29 is 14.0 Å². The summed E-state index contributed by atoms with van der Waals surface area (Å²) in [7, 11) is 0. The summed E-state index contributed by atoms with van der Waals surface area (Å²) in [6.45, 7) is 2.23. The molecule has 0 aromatic heterocycles. The average Bonchev–Trinajstić information content (AvgIpc) is 2.69. The standard InChI is InChI=1S/C23H20FNO2/c1-18(25-26-17-20-11-6-3-7-12-20)21-13-8-14-22(16-21)27-23(24)15-19-9-4-2-5-10-19/h2-16H,17H2,1H3/b23-15-,25-18+. The Hall–Kier alpha value is -3.40. The number of hydrogen-bond donors (Lipinski definition) is 0. The maximum absolute atomic E-state index is 14.1. The smallest absolute Gasteiger partial charge is 0.278 e. The number of ether oxygens (including phenoxy) is 1. The van der Waals surface area contributed by atoms with Gasteiger partial charge in [0.15, 0.2) is 0 Å². The Balaban J connectivity index is 1.64. The molecule has 0 fully saturated rings. The van der Waals surface area contributed by atoms with E-state index in [2.05, 4.69) is 5.16 Å². The topological polar surface area (TPSA) is 30.8 Å². The van der Waals surface area contributed by atoms with Gasteiger partial charge in [0, 0.05) is 11.6 Å². The molecule has 3 nitrogen and oxygen atoms in total. The monoisotopic (exact) mass is 361 g/mol. The molecule has 0 aliphatic rings. The Morgan fingerprint density at radius 2 is 1.63 bits per heavy atom. The largest absolute Gasteiger partial charge is 0.432 e. The van der Waals surface area contributed by atoms with Crippen molar-refractivity contribution >= 4 is 11.8 Å². The molecule has 0 aliphatic carbocycles. The number of nitrogens with zero attached hydrogens (tertiary/aromatic N) is 1. The molecule has 0 amide bonds. The van der Waals surface area contributed by atoms with E-state index in [0.29, 0.717) is 18.1 Å². The summed E-state index contributed by atoms with van der Waals surface area (Å²) in [6, 6.07) is 25.4. The maximum atomic E-state index is 14.1. The summed E-state index contributed by atoms with van der Waals surface area (Å²) < 4.78 is 19.4. The van der Waals surface area contributed by atoms with E-state index in [-0.39, 0.29) is 0 Å². The SMILES string of the molecule is C/C(=N\OCc1ccccc1)c1cccc(O/C(F)=C\c2ccccc2)c1. The Morgan fingerprint density at radius 1 is 0.926 bits per heavy atom. The van der Waals surface area contributed by atoms with Gasteiger partial charge in [0.05, 0.1) is 5.71 Å². The molecule has 0 heterocycles. The minimum absolute atomic E-state index is 0.392. The maximum Gasteiger partial charge on any atom is 0.278 e. The molecule has 0 aliphatic heterocycles. The van der Waals surface area contributed by atoms with Crippen LogP contribution in [0.3, 0.4) is 0 Å². The molecule has 27 heavy (non-hydrogen) atoms. The van der Waals surface area contributed by atoms with Crippen LogP contribution in [-0.2, 0) is 11.4 Å². The molecule has 0 radical (unpaired) electrons. The molecule has 0 saturated carbocycles. The van der Waals surface area contributed by atoms with Gasteiger partial charge in [-0.3, -0.25) is 0 Å². The summed E-state index contributed by atoms with van der Waals surface area (Å²) in [4.78, 5) is 5.40. The van der Waals surface area contributed by atoms with Crippen LogP contribution in [-0.4, -0.2) is 5.71 Å². The van der Waals surface area contributed by atoms with Gasteiger partial charge in [-0.25, -0.2) is 0 Å². The minimum atomic E-state index is -0.673. The van der Waals surface area contributed by atoms with Gasteiger partial charge in [0.1, 0.15) is 12.4 Å². The van der Waals surface area contributed by atoms with Crippen LogP contribution in [0, 0.1) is 0 Å². The van der Waals surface area contributed by atoms with Crippen LogP contribution in [0.15, 0.2) is 96.1 Å². The highest BCUT2D eigenvalue weighted by molar-refractivity contribution is 5.98. The van der Waals surface area contributed by atoms with E-state index in [4.69, 9.17) is 9.57 Å². The average molecular weight is 361 g/mol. The van der Waals surface area contributed by atoms with Crippen molar-refractivity contribution in [2.24, 2.45) is 5.16 Å². The molecule has 0 N–H and O–H groups in total. The second-order valence-corrected chi connectivity index (χ2v) is 5.92. The first-order valence-corrected chi connectivity index (χ1v) is 8.62. The van der Waals surface area contributed by atoms with Gasteiger partial charge in [0.2, 0.25) is 0 Å². The summed E-state index contributed by atoms with van der Waals surface area (Å²) in [5, 5.41) is 4.13. The third kappa shape index (κ3) is 5.82. The zero-order valence-electron chi connectivity index (χ0n) is 15.0. The van der Waals surface area contributed by atoms with E-state index < -0.39 is 6.01 Å². The van der Waals surface area contributed by atoms with Crippen molar-refractivity contribution in [3.05, 3.63) is 108 Å². The molecule has 0 atom stereocenters. The summed E-state index contributed by atoms with van der Waals surface area (Å²) in [6.07, 6.45) is 1.34. The van der Waals surface area contributed by atoms with Crippen LogP contribution in [0.25, 0.3) is 6.08 Å². The lowest BCUT2D eigenvalue weighted by Gasteiger charge is -2.06. The first-order valence-electron chi connectivity index (χ1n) is 8.62. The van der Waals surface area contributed by atoms with Gasteiger partial charge < -0.3 is 9.57 Å². The Morgan fingerprint density at radius 3 is 2.37 bits per heavy atom. The number of benzene rings is 3. The van der Waals surface area contributed by atoms with Gasteiger partial charge >= 0.3 is 0 Å². The predicted molar refractivity (Wildman–Crippen MR) is 106 cm³/mol. The van der Waals surface area contributed by atoms with Gasteiger partial charge in [-0.05, 0) is 30.2 Å². The third-order valence-corrected chi connectivity index (χ3v) is 3.82. The van der Waals surface area contributed by atoms with Crippen LogP contribution < -0.4 is 4.74 Å². The van der Waals surface area contributed by atoms with E-state index in [1.807, 2.05) is 61.5 Å². The molecular weight excluding hydrogens is 341 g/mol. The first kappa shape index (κ1) is 18.4. The minimum Gasteiger partial charge on any atom is -0.432 e. The number of oxime groups is 1. The second-order valence-electron chi connectivity index (χ2n) is 5.92. The fourth-order valence-corrected chi connectivity index (χ4v) is 2.44. The number of rotatable bonds is 7. The highest BCUT2D eigenvalue weighted by Crippen LogP contribution is 2.19. The molecule has 3 rings (SSSR count). The lowest BCUT2D eigenvalue weighted by Crippen LogP contribution is -1.98. The molecule has 0 spiro atoms. The molecule has 4 heteroatoms. The van der Waals surface area contributed by atoms with Crippen LogP contribution in [0.1, 0.15) is 23.6 Å². The fraction of sp³-hybridized carbons (Fsp3) is 0.0870. The van der Waals surface area contributed by atoms with Crippen LogP contribution in [0.5, 0.6) is 5.75 Å². The Bertz CT molecular complexity index is 921. The van der Waals surface area contributed by atoms with E-state index in [1.165, 1.54) is 6.08 Å². The van der Waals surface area contributed by atoms with E-state index in [1.54, 1.807) is 30.3 Å². The molecule has 0 bridgehead atoms. The van der Waals surface area contributed by atoms with Crippen molar-refractivity contribution in [2.45, 2.75) is 13.5 Å². The lowest BCUT2D eigenvalue weighted by atomic mass is 10.1. The van der Waals surface area contributed by atoms with Gasteiger partial charge in [-0.1, -0.05) is 78.0 Å². The molecule has 3 aromatic rings. The molecule has 0 saturated heterocycles. The van der Waals surface area contributed by atoms with Crippen molar-refractivity contribution in [1.82, 2.24) is 0 Å². The zero-order valence-corrected chi connectivity index (χ0v) is 15.0. The molecule has 3 aromatic carbocycles. The van der Waals surface area contributed by atoms with E-state index >= 15 is 0 Å². The Labute approximate surface area is 158 Å². The molecular formula is C23H20FNO2. The number of hydrogen-bond acceptors (Lipinski definition) is 3. The zero-order chi connectivity index (χ0) is 18.9. The van der Waals surface area contributed by atoms with Crippen molar-refractivity contribution in [3.8, 4) is 5.75 Å². The summed E-state index contributed by atoms with van der Waals surface area (Å²) in [5.74, 6) is 0.398. The van der Waals surface area contributed by atoms with Gasteiger partial charge in [-0.2, -0.15) is 4.39 Å². The van der Waals surface area contributed by atoms with E-state index in [0.717, 1.165) is 16.7 Å². The van der Waals surface area contributed by atoms with Crippen molar-refractivity contribution in [2.75, 3.05) is 0 Å². The fourth-order valence-electron chi connectivity index (χ4n) is 2.44. The van der Waals surface area contributed by atoms with Crippen LogP contribution in [0.4, 0.5) is 4.39 Å². The Kier molecular flexibility index (Phi) is 6.36. The molecule has 0 unspecified atom stereocenters. The predicted octanol–water partition coefficient (Wildman–Crippen LogP) is 5.97. The van der Waals surface area contributed by atoms with Crippen molar-refractivity contribution in [3.63, 3.8) is 0 Å². The van der Waals surface area contributed by atoms with Crippen LogP contribution in [0.2, 0.25) is 0 Å². The number of halogens is 1. The normalized spacial score (nSPS) is 11.9. The van der Waals surface area contributed by atoms with Crippen molar-refractivity contribution in [1.29, 1.82) is 0 Å². The van der Waals surface area contributed by atoms with E-state index in [9.17, 15) is 4.39 Å². The summed E-state index contributed by atoms with van der Waals surface area (Å²) in [5.41, 5.74) is 3.26. The second kappa shape index (κ2) is 9.34. The highest BCUT2D eigenvalue weighted by Gasteiger charge is 2.04. The molecule has 136 valence electrons. The van der Waals surface area contributed by atoms with Gasteiger partial charge in [0.25, 0.3) is 6.01 Å². The van der Waals surface area contributed by atoms with Gasteiger partial charge in [-0.15, -0.1) is 0 Å². The first-order chi connectivity index (χ1) is 13.2. The third-order valence-electron chi connectivity index (χ3n) is 3.82. The lowest BCUT2D eigenvalue weighted by molar-refractivity contribution is 0.130. The summed E-state index contributed by atoms with van der Waals surface area (Å²) >= 11 is 0. The highest BCUT2D eigenvalue weighted by atomic mass is 19.1. The van der Waals surface area contributed by atoms with Crippen LogP contribution >= 0.6 is 0 Å². The quantitative estimate of drug-likeness (QED) is 0.295.